The quantitative estimate of drug-likeness (QED) is 0.555. The van der Waals surface area contributed by atoms with E-state index in [1.165, 1.54) is 0 Å². The van der Waals surface area contributed by atoms with E-state index in [-0.39, 0.29) is 0 Å². The van der Waals surface area contributed by atoms with Crippen molar-refractivity contribution in [2.24, 2.45) is 0 Å². The van der Waals surface area contributed by atoms with Crippen LogP contribution in [0.5, 0.6) is 0 Å². The molecule has 2 aliphatic rings. The molecule has 0 saturated carbocycles. The number of aromatic nitrogens is 3. The summed E-state index contributed by atoms with van der Waals surface area (Å²) in [4.78, 5) is 19.6. The molecule has 0 radical (unpaired) electrons. The summed E-state index contributed by atoms with van der Waals surface area (Å²) in [5.74, 6) is 1.53. The molecular formula is C23H24ClN7S. The molecule has 32 heavy (non-hydrogen) atoms. The number of rotatable bonds is 3. The predicted octanol–water partition coefficient (Wildman–Crippen LogP) is 4.29. The van der Waals surface area contributed by atoms with Crippen molar-refractivity contribution in [1.29, 1.82) is 0 Å². The highest BCUT2D eigenvalue weighted by Crippen LogP contribution is 2.35. The molecule has 1 fully saturated rings. The summed E-state index contributed by atoms with van der Waals surface area (Å²) in [5.41, 5.74) is 5.45. The minimum Gasteiger partial charge on any atom is -0.354 e. The van der Waals surface area contributed by atoms with Gasteiger partial charge in [-0.25, -0.2) is 15.0 Å². The molecule has 4 heterocycles. The molecule has 0 spiro atoms. The number of fused-ring (bicyclic) bond motifs is 3. The first-order valence-corrected chi connectivity index (χ1v) is 11.4. The number of halogens is 1. The number of hydrogen-bond donors (Lipinski definition) is 2. The van der Waals surface area contributed by atoms with Crippen LogP contribution in [0.15, 0.2) is 36.5 Å². The number of anilines is 4. The van der Waals surface area contributed by atoms with Crippen molar-refractivity contribution >= 4 is 51.9 Å². The highest BCUT2D eigenvalue weighted by Gasteiger charge is 2.20. The average molecular weight is 466 g/mol. The Bertz CT molecular complexity index is 1190. The molecule has 0 unspecified atom stereocenters. The van der Waals surface area contributed by atoms with Crippen molar-refractivity contribution in [1.82, 2.24) is 19.9 Å². The number of thiocarbonyl (C=S) groups is 1. The van der Waals surface area contributed by atoms with Gasteiger partial charge in [-0.15, -0.1) is 0 Å². The van der Waals surface area contributed by atoms with E-state index in [0.29, 0.717) is 17.4 Å². The zero-order chi connectivity index (χ0) is 22.2. The zero-order valence-corrected chi connectivity index (χ0v) is 19.6. The van der Waals surface area contributed by atoms with Gasteiger partial charge in [-0.05, 0) is 44.3 Å². The van der Waals surface area contributed by atoms with Crippen LogP contribution < -0.4 is 15.5 Å². The Morgan fingerprint density at radius 2 is 1.91 bits per heavy atom. The average Bonchev–Trinajstić information content (AvgIpc) is 2.90. The largest absolute Gasteiger partial charge is 0.354 e. The van der Waals surface area contributed by atoms with Gasteiger partial charge in [0.1, 0.15) is 5.82 Å². The number of likely N-dealkylation sites (N-methyl/N-ethyl adjacent to an activating group) is 1. The van der Waals surface area contributed by atoms with Crippen molar-refractivity contribution in [3.63, 3.8) is 0 Å². The van der Waals surface area contributed by atoms with E-state index < -0.39 is 0 Å². The van der Waals surface area contributed by atoms with Crippen LogP contribution in [0.4, 0.5) is 23.1 Å². The first-order chi connectivity index (χ1) is 15.5. The maximum absolute atomic E-state index is 6.20. The Balaban J connectivity index is 1.43. The summed E-state index contributed by atoms with van der Waals surface area (Å²) in [6, 6.07) is 9.81. The highest BCUT2D eigenvalue weighted by molar-refractivity contribution is 7.80. The summed E-state index contributed by atoms with van der Waals surface area (Å²) in [6.07, 6.45) is 2.42. The molecule has 0 amide bonds. The van der Waals surface area contributed by atoms with Gasteiger partial charge in [0.25, 0.3) is 0 Å². The first-order valence-electron chi connectivity index (χ1n) is 10.6. The lowest BCUT2D eigenvalue weighted by Crippen LogP contribution is -2.44. The molecule has 5 rings (SSSR count). The van der Waals surface area contributed by atoms with Crippen LogP contribution >= 0.6 is 23.8 Å². The van der Waals surface area contributed by atoms with Gasteiger partial charge in [0.15, 0.2) is 0 Å². The maximum atomic E-state index is 6.20. The van der Waals surface area contributed by atoms with E-state index in [1.54, 1.807) is 0 Å². The van der Waals surface area contributed by atoms with Gasteiger partial charge in [0.2, 0.25) is 5.95 Å². The third kappa shape index (κ3) is 4.26. The SMILES string of the molecule is Cc1nc(N2CCN(C)CC2)ccc1Nc1ncc2c(n1)-c1ccc(Cl)cc1NC(=S)C2. The van der Waals surface area contributed by atoms with Crippen LogP contribution in [-0.4, -0.2) is 58.1 Å². The monoisotopic (exact) mass is 465 g/mol. The molecule has 2 aromatic heterocycles. The van der Waals surface area contributed by atoms with Gasteiger partial charge in [0, 0.05) is 60.6 Å². The lowest BCUT2D eigenvalue weighted by Gasteiger charge is -2.33. The van der Waals surface area contributed by atoms with Crippen molar-refractivity contribution in [2.45, 2.75) is 13.3 Å². The van der Waals surface area contributed by atoms with Gasteiger partial charge < -0.3 is 20.4 Å². The fourth-order valence-corrected chi connectivity index (χ4v) is 4.47. The van der Waals surface area contributed by atoms with Crippen LogP contribution in [0.25, 0.3) is 11.3 Å². The number of pyridine rings is 1. The van der Waals surface area contributed by atoms with E-state index in [9.17, 15) is 0 Å². The van der Waals surface area contributed by atoms with Crippen molar-refractivity contribution in [3.05, 3.63) is 52.8 Å². The Morgan fingerprint density at radius 1 is 1.09 bits per heavy atom. The third-order valence-corrected chi connectivity index (χ3v) is 6.35. The van der Waals surface area contributed by atoms with Gasteiger partial charge in [-0.2, -0.15) is 0 Å². The molecule has 164 valence electrons. The van der Waals surface area contributed by atoms with Crippen LogP contribution in [0.2, 0.25) is 5.02 Å². The minimum absolute atomic E-state index is 0.523. The number of nitrogens with one attached hydrogen (secondary N) is 2. The van der Waals surface area contributed by atoms with Gasteiger partial charge in [0.05, 0.1) is 22.1 Å². The first kappa shape index (κ1) is 21.1. The standard InChI is InChI=1S/C23H24ClN7S/c1-14-18(5-6-20(26-14)31-9-7-30(2)8-10-31)28-23-25-13-15-11-21(32)27-19-12-16(24)3-4-17(19)22(15)29-23/h3-6,12-13H,7-11H2,1-2H3,(H,27,32)(H,25,28,29). The van der Waals surface area contributed by atoms with Gasteiger partial charge >= 0.3 is 0 Å². The number of piperazine rings is 1. The van der Waals surface area contributed by atoms with E-state index in [4.69, 9.17) is 33.8 Å². The number of aryl methyl sites for hydroxylation is 1. The summed E-state index contributed by atoms with van der Waals surface area (Å²) < 4.78 is 0. The van der Waals surface area contributed by atoms with Crippen molar-refractivity contribution < 1.29 is 0 Å². The molecule has 2 N–H and O–H groups in total. The molecule has 2 aliphatic heterocycles. The second-order valence-corrected chi connectivity index (χ2v) is 9.13. The zero-order valence-electron chi connectivity index (χ0n) is 18.0. The summed E-state index contributed by atoms with van der Waals surface area (Å²) >= 11 is 11.7. The van der Waals surface area contributed by atoms with E-state index in [1.807, 2.05) is 31.3 Å². The maximum Gasteiger partial charge on any atom is 0.227 e. The molecule has 0 atom stereocenters. The number of nitrogens with zero attached hydrogens (tertiary/aromatic N) is 5. The Hall–Kier alpha value is -2.81. The van der Waals surface area contributed by atoms with Crippen LogP contribution in [0.3, 0.4) is 0 Å². The predicted molar refractivity (Wildman–Crippen MR) is 134 cm³/mol. The fraction of sp³-hybridized carbons (Fsp3) is 0.304. The normalized spacial score (nSPS) is 16.1. The van der Waals surface area contributed by atoms with E-state index >= 15 is 0 Å². The lowest BCUT2D eigenvalue weighted by molar-refractivity contribution is 0.312. The summed E-state index contributed by atoms with van der Waals surface area (Å²) in [5, 5.41) is 7.26. The van der Waals surface area contributed by atoms with Crippen LogP contribution in [0, 0.1) is 6.92 Å². The number of hydrogen-bond acceptors (Lipinski definition) is 7. The smallest absolute Gasteiger partial charge is 0.227 e. The van der Waals surface area contributed by atoms with Crippen LogP contribution in [-0.2, 0) is 6.42 Å². The van der Waals surface area contributed by atoms with Gasteiger partial charge in [-0.1, -0.05) is 23.8 Å². The molecule has 9 heteroatoms. The Morgan fingerprint density at radius 3 is 2.69 bits per heavy atom. The molecule has 3 aromatic rings. The molecular weight excluding hydrogens is 442 g/mol. The molecule has 1 saturated heterocycles. The van der Waals surface area contributed by atoms with Gasteiger partial charge in [-0.3, -0.25) is 0 Å². The third-order valence-electron chi connectivity index (χ3n) is 5.87. The summed E-state index contributed by atoms with van der Waals surface area (Å²) in [7, 11) is 2.15. The highest BCUT2D eigenvalue weighted by atomic mass is 35.5. The topological polar surface area (TPSA) is 69.2 Å². The Kier molecular flexibility index (Phi) is 5.67. The second-order valence-electron chi connectivity index (χ2n) is 8.20. The Labute approximate surface area is 197 Å². The molecule has 0 aliphatic carbocycles. The lowest BCUT2D eigenvalue weighted by atomic mass is 10.1. The molecule has 7 nitrogen and oxygen atoms in total. The van der Waals surface area contributed by atoms with E-state index in [2.05, 4.69) is 44.6 Å². The van der Waals surface area contributed by atoms with Crippen molar-refractivity contribution in [2.75, 3.05) is 48.8 Å². The molecule has 0 bridgehead atoms. The second kappa shape index (κ2) is 8.61. The fourth-order valence-electron chi connectivity index (χ4n) is 4.04. The van der Waals surface area contributed by atoms with Crippen molar-refractivity contribution in [3.8, 4) is 11.3 Å². The van der Waals surface area contributed by atoms with E-state index in [0.717, 1.165) is 70.9 Å². The number of benzene rings is 1. The minimum atomic E-state index is 0.523. The summed E-state index contributed by atoms with van der Waals surface area (Å²) in [6.45, 7) is 6.08. The van der Waals surface area contributed by atoms with Crippen LogP contribution in [0.1, 0.15) is 11.3 Å². The molecule has 1 aromatic carbocycles.